The monoisotopic (exact) mass is 505 g/mol. The lowest BCUT2D eigenvalue weighted by Crippen LogP contribution is -2.53. The van der Waals surface area contributed by atoms with Crippen LogP contribution in [0.5, 0.6) is 5.88 Å². The summed E-state index contributed by atoms with van der Waals surface area (Å²) in [6, 6.07) is 3.77. The standard InChI is InChI=1S/C19H31N5O3.HI/c1-14(2)26-16-7-6-15(12-21-16)13-22-17(20)23-8-10-24(11-9-23)18(25)27-19(3,4)5;/h6-7,12,14H,8-11,13H2,1-5H3,(H2,20,22);1H. The van der Waals surface area contributed by atoms with Gasteiger partial charge in [0.05, 0.1) is 12.6 Å². The Bertz CT molecular complexity index is 651. The van der Waals surface area contributed by atoms with Crippen LogP contribution in [0.15, 0.2) is 23.3 Å². The number of guanidine groups is 1. The third-order valence-corrected chi connectivity index (χ3v) is 3.83. The molecule has 0 saturated carbocycles. The van der Waals surface area contributed by atoms with E-state index >= 15 is 0 Å². The summed E-state index contributed by atoms with van der Waals surface area (Å²) in [6.45, 7) is 12.4. The number of rotatable bonds is 4. The third kappa shape index (κ3) is 8.07. The zero-order chi connectivity index (χ0) is 20.0. The van der Waals surface area contributed by atoms with Crippen molar-refractivity contribution in [3.8, 4) is 5.88 Å². The molecule has 9 heteroatoms. The van der Waals surface area contributed by atoms with Crippen molar-refractivity contribution in [1.29, 1.82) is 0 Å². The van der Waals surface area contributed by atoms with Gasteiger partial charge in [0.2, 0.25) is 5.88 Å². The highest BCUT2D eigenvalue weighted by Crippen LogP contribution is 2.13. The molecular formula is C19H32IN5O3. The number of ether oxygens (including phenoxy) is 2. The highest BCUT2D eigenvalue weighted by atomic mass is 127. The van der Waals surface area contributed by atoms with Crippen LogP contribution in [0.2, 0.25) is 0 Å². The van der Waals surface area contributed by atoms with Crippen molar-refractivity contribution in [1.82, 2.24) is 14.8 Å². The number of hydrogen-bond acceptors (Lipinski definition) is 5. The second-order valence-corrected chi connectivity index (χ2v) is 7.80. The maximum atomic E-state index is 12.1. The van der Waals surface area contributed by atoms with Crippen LogP contribution in [0.4, 0.5) is 4.79 Å². The van der Waals surface area contributed by atoms with Gasteiger partial charge < -0.3 is 25.0 Å². The van der Waals surface area contributed by atoms with Crippen LogP contribution >= 0.6 is 24.0 Å². The summed E-state index contributed by atoms with van der Waals surface area (Å²) in [5, 5.41) is 0. The normalized spacial score (nSPS) is 15.3. The molecule has 0 spiro atoms. The number of aromatic nitrogens is 1. The van der Waals surface area contributed by atoms with E-state index in [9.17, 15) is 4.79 Å². The van der Waals surface area contributed by atoms with Gasteiger partial charge in [-0.3, -0.25) is 0 Å². The van der Waals surface area contributed by atoms with E-state index in [-0.39, 0.29) is 36.2 Å². The fourth-order valence-corrected chi connectivity index (χ4v) is 2.53. The molecule has 158 valence electrons. The summed E-state index contributed by atoms with van der Waals surface area (Å²) in [5.74, 6) is 1.07. The minimum absolute atomic E-state index is 0. The summed E-state index contributed by atoms with van der Waals surface area (Å²) in [5.41, 5.74) is 6.58. The van der Waals surface area contributed by atoms with E-state index in [4.69, 9.17) is 15.2 Å². The molecule has 1 aromatic heterocycles. The van der Waals surface area contributed by atoms with Crippen LogP contribution in [0.1, 0.15) is 40.2 Å². The van der Waals surface area contributed by atoms with E-state index in [0.717, 1.165) is 5.56 Å². The molecule has 0 unspecified atom stereocenters. The maximum absolute atomic E-state index is 12.1. The van der Waals surface area contributed by atoms with Crippen LogP contribution in [-0.2, 0) is 11.3 Å². The molecule has 2 rings (SSSR count). The minimum atomic E-state index is -0.488. The Labute approximate surface area is 184 Å². The van der Waals surface area contributed by atoms with Crippen LogP contribution in [0.3, 0.4) is 0 Å². The van der Waals surface area contributed by atoms with Gasteiger partial charge in [-0.1, -0.05) is 6.07 Å². The first-order chi connectivity index (χ1) is 12.6. The van der Waals surface area contributed by atoms with Gasteiger partial charge in [0, 0.05) is 38.4 Å². The Kier molecular flexibility index (Phi) is 9.25. The molecule has 8 nitrogen and oxygen atoms in total. The van der Waals surface area contributed by atoms with Crippen molar-refractivity contribution in [2.75, 3.05) is 26.2 Å². The van der Waals surface area contributed by atoms with Gasteiger partial charge in [-0.15, -0.1) is 24.0 Å². The molecule has 0 aliphatic carbocycles. The van der Waals surface area contributed by atoms with Crippen molar-refractivity contribution >= 4 is 36.0 Å². The summed E-state index contributed by atoms with van der Waals surface area (Å²) in [4.78, 5) is 24.5. The molecule has 0 aromatic carbocycles. The number of carbonyl (C=O) groups excluding carboxylic acids is 1. The molecule has 1 aliphatic rings. The van der Waals surface area contributed by atoms with E-state index in [1.165, 1.54) is 0 Å². The van der Waals surface area contributed by atoms with Crippen molar-refractivity contribution in [2.24, 2.45) is 10.7 Å². The number of hydrogen-bond donors (Lipinski definition) is 1. The van der Waals surface area contributed by atoms with E-state index < -0.39 is 5.60 Å². The molecular weight excluding hydrogens is 473 g/mol. The molecule has 1 fully saturated rings. The first-order valence-electron chi connectivity index (χ1n) is 9.28. The predicted octanol–water partition coefficient (Wildman–Crippen LogP) is 2.85. The van der Waals surface area contributed by atoms with Crippen LogP contribution in [-0.4, -0.2) is 64.7 Å². The fraction of sp³-hybridized carbons (Fsp3) is 0.632. The van der Waals surface area contributed by atoms with Gasteiger partial charge in [0.1, 0.15) is 5.60 Å². The van der Waals surface area contributed by atoms with Gasteiger partial charge in [-0.2, -0.15) is 0 Å². The van der Waals surface area contributed by atoms with E-state index in [1.54, 1.807) is 11.1 Å². The van der Waals surface area contributed by atoms with Gasteiger partial charge in [0.25, 0.3) is 0 Å². The topological polar surface area (TPSA) is 93.3 Å². The summed E-state index contributed by atoms with van der Waals surface area (Å²) in [6.07, 6.45) is 1.55. The number of pyridine rings is 1. The fourth-order valence-electron chi connectivity index (χ4n) is 2.53. The molecule has 1 amide bonds. The smallest absolute Gasteiger partial charge is 0.410 e. The number of nitrogens with zero attached hydrogens (tertiary/aromatic N) is 4. The average Bonchev–Trinajstić information content (AvgIpc) is 2.59. The Morgan fingerprint density at radius 1 is 1.21 bits per heavy atom. The number of carbonyl (C=O) groups is 1. The summed E-state index contributed by atoms with van der Waals surface area (Å²) >= 11 is 0. The molecule has 28 heavy (non-hydrogen) atoms. The Morgan fingerprint density at radius 2 is 1.82 bits per heavy atom. The van der Waals surface area contributed by atoms with Crippen LogP contribution in [0, 0.1) is 0 Å². The lowest BCUT2D eigenvalue weighted by Gasteiger charge is -2.36. The zero-order valence-corrected chi connectivity index (χ0v) is 19.7. The molecule has 0 radical (unpaired) electrons. The molecule has 2 heterocycles. The minimum Gasteiger partial charge on any atom is -0.475 e. The van der Waals surface area contributed by atoms with Gasteiger partial charge in [-0.25, -0.2) is 14.8 Å². The predicted molar refractivity (Wildman–Crippen MR) is 120 cm³/mol. The van der Waals surface area contributed by atoms with Gasteiger partial charge in [-0.05, 0) is 40.2 Å². The lowest BCUT2D eigenvalue weighted by molar-refractivity contribution is 0.0186. The Hall–Kier alpha value is -1.78. The highest BCUT2D eigenvalue weighted by Gasteiger charge is 2.26. The lowest BCUT2D eigenvalue weighted by atomic mass is 10.2. The molecule has 2 N–H and O–H groups in total. The molecule has 1 aromatic rings. The van der Waals surface area contributed by atoms with E-state index in [2.05, 4.69) is 9.98 Å². The molecule has 0 atom stereocenters. The quantitative estimate of drug-likeness (QED) is 0.385. The van der Waals surface area contributed by atoms with Crippen molar-refractivity contribution in [3.05, 3.63) is 23.9 Å². The first kappa shape index (κ1) is 24.3. The number of nitrogens with two attached hydrogens (primary N) is 1. The SMILES string of the molecule is CC(C)Oc1ccc(CN=C(N)N2CCN(C(=O)OC(C)(C)C)CC2)cn1.I. The molecule has 1 aliphatic heterocycles. The van der Waals surface area contributed by atoms with Gasteiger partial charge >= 0.3 is 6.09 Å². The van der Waals surface area contributed by atoms with E-state index in [1.807, 2.05) is 51.7 Å². The highest BCUT2D eigenvalue weighted by molar-refractivity contribution is 14.0. The van der Waals surface area contributed by atoms with Crippen LogP contribution in [0.25, 0.3) is 0 Å². The number of piperazine rings is 1. The van der Waals surface area contributed by atoms with Crippen molar-refractivity contribution in [2.45, 2.75) is 52.9 Å². The average molecular weight is 505 g/mol. The summed E-state index contributed by atoms with van der Waals surface area (Å²) in [7, 11) is 0. The largest absolute Gasteiger partial charge is 0.475 e. The number of aliphatic imine (C=N–C) groups is 1. The van der Waals surface area contributed by atoms with Gasteiger partial charge in [0.15, 0.2) is 5.96 Å². The first-order valence-corrected chi connectivity index (χ1v) is 9.28. The Morgan fingerprint density at radius 3 is 2.32 bits per heavy atom. The zero-order valence-electron chi connectivity index (χ0n) is 17.3. The molecule has 0 bridgehead atoms. The second kappa shape index (κ2) is 10.7. The summed E-state index contributed by atoms with van der Waals surface area (Å²) < 4.78 is 10.9. The Balaban J connectivity index is 0.00000392. The number of halogens is 1. The number of amides is 1. The second-order valence-electron chi connectivity index (χ2n) is 7.80. The van der Waals surface area contributed by atoms with Crippen molar-refractivity contribution in [3.63, 3.8) is 0 Å². The van der Waals surface area contributed by atoms with E-state index in [0.29, 0.717) is 44.6 Å². The molecule has 1 saturated heterocycles. The van der Waals surface area contributed by atoms with Crippen LogP contribution < -0.4 is 10.5 Å². The maximum Gasteiger partial charge on any atom is 0.410 e. The third-order valence-electron chi connectivity index (χ3n) is 3.83. The van der Waals surface area contributed by atoms with Crippen molar-refractivity contribution < 1.29 is 14.3 Å².